The van der Waals surface area contributed by atoms with Crippen LogP contribution in [0.1, 0.15) is 28.4 Å². The molecule has 0 spiro atoms. The number of aromatic nitrogens is 1. The van der Waals surface area contributed by atoms with Crippen LogP contribution in [0.3, 0.4) is 0 Å². The van der Waals surface area contributed by atoms with Crippen molar-refractivity contribution in [2.45, 2.75) is 18.9 Å². The molecule has 5 nitrogen and oxygen atoms in total. The summed E-state index contributed by atoms with van der Waals surface area (Å²) in [5, 5.41) is 0. The second kappa shape index (κ2) is 6.48. The minimum Gasteiger partial charge on any atom is -0.464 e. The van der Waals surface area contributed by atoms with Gasteiger partial charge in [0, 0.05) is 36.8 Å². The Morgan fingerprint density at radius 1 is 1.04 bits per heavy atom. The minimum atomic E-state index is -0.354. The molecule has 1 aromatic carbocycles. The molecule has 2 bridgehead atoms. The zero-order valence-electron chi connectivity index (χ0n) is 15.2. The molecular weight excluding hydrogens is 359 g/mol. The Labute approximate surface area is 161 Å². The number of nitrogens with zero attached hydrogens (tertiary/aromatic N) is 2. The lowest BCUT2D eigenvalue weighted by Crippen LogP contribution is -2.49. The van der Waals surface area contributed by atoms with E-state index in [0.717, 1.165) is 12.1 Å². The van der Waals surface area contributed by atoms with E-state index in [1.54, 1.807) is 18.4 Å². The topological polar surface area (TPSA) is 55.5 Å². The van der Waals surface area contributed by atoms with Crippen LogP contribution in [-0.2, 0) is 6.54 Å². The molecule has 5 rings (SSSR count). The number of fused-ring (bicyclic) bond motifs is 4. The summed E-state index contributed by atoms with van der Waals surface area (Å²) in [5.41, 5.74) is 1.98. The van der Waals surface area contributed by atoms with Crippen molar-refractivity contribution >= 4 is 5.91 Å². The number of likely N-dealkylation sites (tertiary alicyclic amines) is 1. The fourth-order valence-corrected chi connectivity index (χ4v) is 4.51. The summed E-state index contributed by atoms with van der Waals surface area (Å²) in [7, 11) is 0. The van der Waals surface area contributed by atoms with Gasteiger partial charge in [-0.3, -0.25) is 9.59 Å². The van der Waals surface area contributed by atoms with Crippen LogP contribution < -0.4 is 5.56 Å². The zero-order valence-corrected chi connectivity index (χ0v) is 15.2. The first kappa shape index (κ1) is 17.0. The molecule has 0 unspecified atom stereocenters. The summed E-state index contributed by atoms with van der Waals surface area (Å²) in [4.78, 5) is 27.7. The summed E-state index contributed by atoms with van der Waals surface area (Å²) < 4.78 is 20.4. The second-order valence-corrected chi connectivity index (χ2v) is 7.58. The second-order valence-electron chi connectivity index (χ2n) is 7.58. The Balaban J connectivity index is 1.45. The summed E-state index contributed by atoms with van der Waals surface area (Å²) in [5.74, 6) is 0.477. The molecule has 3 aromatic rings. The Bertz CT molecular complexity index is 1090. The molecule has 142 valence electrons. The number of carbonyl (C=O) groups is 1. The summed E-state index contributed by atoms with van der Waals surface area (Å²) in [6.07, 6.45) is 2.53. The van der Waals surface area contributed by atoms with E-state index >= 15 is 0 Å². The van der Waals surface area contributed by atoms with Crippen LogP contribution in [0.4, 0.5) is 4.39 Å². The molecule has 1 saturated heterocycles. The first-order chi connectivity index (χ1) is 13.6. The fraction of sp³-hybridized carbons (Fsp3) is 0.273. The minimum absolute atomic E-state index is 0.0412. The number of piperidine rings is 1. The van der Waals surface area contributed by atoms with Gasteiger partial charge in [0.05, 0.1) is 11.8 Å². The van der Waals surface area contributed by atoms with Gasteiger partial charge in [-0.15, -0.1) is 0 Å². The normalized spacial score (nSPS) is 20.7. The number of furan rings is 1. The van der Waals surface area contributed by atoms with Crippen LogP contribution in [0, 0.1) is 11.7 Å². The predicted octanol–water partition coefficient (Wildman–Crippen LogP) is 3.51. The third-order valence-electron chi connectivity index (χ3n) is 5.77. The highest BCUT2D eigenvalue weighted by atomic mass is 19.1. The van der Waals surface area contributed by atoms with Gasteiger partial charge in [-0.2, -0.15) is 0 Å². The number of benzene rings is 1. The molecule has 0 radical (unpaired) electrons. The summed E-state index contributed by atoms with van der Waals surface area (Å²) in [6, 6.07) is 13.0. The van der Waals surface area contributed by atoms with E-state index in [1.807, 2.05) is 21.6 Å². The highest BCUT2D eigenvalue weighted by Crippen LogP contribution is 2.36. The van der Waals surface area contributed by atoms with E-state index in [2.05, 4.69) is 0 Å². The van der Waals surface area contributed by atoms with Gasteiger partial charge in [-0.05, 0) is 60.9 Å². The maximum Gasteiger partial charge on any atom is 0.261 e. The smallest absolute Gasteiger partial charge is 0.261 e. The SMILES string of the molecule is O=C(c1ccc(F)cc1)N1C[C@@H]2C[C@H](C1)c1ccc(-c3ccco3)c(=O)n1C2. The first-order valence-corrected chi connectivity index (χ1v) is 9.42. The zero-order chi connectivity index (χ0) is 19.3. The molecule has 1 fully saturated rings. The van der Waals surface area contributed by atoms with Crippen molar-refractivity contribution in [2.75, 3.05) is 13.1 Å². The van der Waals surface area contributed by atoms with Crippen molar-refractivity contribution in [1.82, 2.24) is 9.47 Å². The molecule has 2 aliphatic heterocycles. The molecule has 6 heteroatoms. The largest absolute Gasteiger partial charge is 0.464 e. The third-order valence-corrected chi connectivity index (χ3v) is 5.77. The predicted molar refractivity (Wildman–Crippen MR) is 102 cm³/mol. The number of carbonyl (C=O) groups excluding carboxylic acids is 1. The molecule has 2 aromatic heterocycles. The van der Waals surface area contributed by atoms with E-state index in [-0.39, 0.29) is 29.1 Å². The van der Waals surface area contributed by atoms with Gasteiger partial charge < -0.3 is 13.9 Å². The highest BCUT2D eigenvalue weighted by molar-refractivity contribution is 5.94. The van der Waals surface area contributed by atoms with Gasteiger partial charge in [0.25, 0.3) is 11.5 Å². The van der Waals surface area contributed by atoms with Crippen LogP contribution in [-0.4, -0.2) is 28.5 Å². The molecule has 4 heterocycles. The number of hydrogen-bond acceptors (Lipinski definition) is 3. The van der Waals surface area contributed by atoms with Crippen molar-refractivity contribution in [3.05, 3.63) is 82.2 Å². The van der Waals surface area contributed by atoms with Crippen molar-refractivity contribution in [3.63, 3.8) is 0 Å². The number of amides is 1. The fourth-order valence-electron chi connectivity index (χ4n) is 4.51. The maximum atomic E-state index is 13.2. The third kappa shape index (κ3) is 2.76. The number of pyridine rings is 1. The molecule has 2 atom stereocenters. The molecule has 0 N–H and O–H groups in total. The van der Waals surface area contributed by atoms with Crippen molar-refractivity contribution in [2.24, 2.45) is 5.92 Å². The van der Waals surface area contributed by atoms with Crippen molar-refractivity contribution in [3.8, 4) is 11.3 Å². The molecule has 1 amide bonds. The van der Waals surface area contributed by atoms with E-state index in [0.29, 0.717) is 36.5 Å². The lowest BCUT2D eigenvalue weighted by Gasteiger charge is -2.43. The quantitative estimate of drug-likeness (QED) is 0.686. The number of rotatable bonds is 2. The Hall–Kier alpha value is -3.15. The summed E-state index contributed by atoms with van der Waals surface area (Å²) in [6.45, 7) is 1.75. The van der Waals surface area contributed by atoms with Gasteiger partial charge in [0.2, 0.25) is 0 Å². The molecular formula is C22H19FN2O3. The average molecular weight is 378 g/mol. The lowest BCUT2D eigenvalue weighted by molar-refractivity contribution is 0.0594. The highest BCUT2D eigenvalue weighted by Gasteiger charge is 2.37. The van der Waals surface area contributed by atoms with Gasteiger partial charge in [0.15, 0.2) is 0 Å². The number of halogens is 1. The Morgan fingerprint density at radius 3 is 2.61 bits per heavy atom. The average Bonchev–Trinajstić information content (AvgIpc) is 3.23. The van der Waals surface area contributed by atoms with Gasteiger partial charge in [-0.1, -0.05) is 0 Å². The van der Waals surface area contributed by atoms with Crippen LogP contribution in [0.5, 0.6) is 0 Å². The molecule has 28 heavy (non-hydrogen) atoms. The van der Waals surface area contributed by atoms with Crippen LogP contribution >= 0.6 is 0 Å². The van der Waals surface area contributed by atoms with Gasteiger partial charge in [0.1, 0.15) is 11.6 Å². The van der Waals surface area contributed by atoms with E-state index in [1.165, 1.54) is 24.3 Å². The van der Waals surface area contributed by atoms with Gasteiger partial charge in [-0.25, -0.2) is 4.39 Å². The number of hydrogen-bond donors (Lipinski definition) is 0. The molecule has 2 aliphatic rings. The Morgan fingerprint density at radius 2 is 1.86 bits per heavy atom. The van der Waals surface area contributed by atoms with Crippen molar-refractivity contribution < 1.29 is 13.6 Å². The monoisotopic (exact) mass is 378 g/mol. The van der Waals surface area contributed by atoms with Gasteiger partial charge >= 0.3 is 0 Å². The maximum absolute atomic E-state index is 13.2. The van der Waals surface area contributed by atoms with Crippen LogP contribution in [0.15, 0.2) is 64.0 Å². The Kier molecular flexibility index (Phi) is 3.93. The van der Waals surface area contributed by atoms with Crippen LogP contribution in [0.25, 0.3) is 11.3 Å². The standard InChI is InChI=1S/C22H19FN2O3/c23-17-5-3-15(4-6-17)21(26)24-11-14-10-16(13-24)19-8-7-18(20-2-1-9-28-20)22(27)25(19)12-14/h1-9,14,16H,10-13H2/t14-,16+/m0/s1. The van der Waals surface area contributed by atoms with E-state index < -0.39 is 0 Å². The lowest BCUT2D eigenvalue weighted by atomic mass is 9.82. The van der Waals surface area contributed by atoms with E-state index in [9.17, 15) is 14.0 Å². The molecule has 0 aliphatic carbocycles. The van der Waals surface area contributed by atoms with Crippen molar-refractivity contribution in [1.29, 1.82) is 0 Å². The first-order valence-electron chi connectivity index (χ1n) is 9.42. The molecule has 0 saturated carbocycles. The van der Waals surface area contributed by atoms with Crippen LogP contribution in [0.2, 0.25) is 0 Å². The van der Waals surface area contributed by atoms with E-state index in [4.69, 9.17) is 4.42 Å². The summed E-state index contributed by atoms with van der Waals surface area (Å²) >= 11 is 0.